The zero-order chi connectivity index (χ0) is 14.3. The first kappa shape index (κ1) is 15.2. The van der Waals surface area contributed by atoms with Gasteiger partial charge in [0.15, 0.2) is 0 Å². The molecule has 4 N–H and O–H groups in total. The van der Waals surface area contributed by atoms with Crippen molar-refractivity contribution in [2.75, 3.05) is 11.9 Å². The van der Waals surface area contributed by atoms with E-state index in [4.69, 9.17) is 5.73 Å². The smallest absolute Gasteiger partial charge is 0.248 e. The van der Waals surface area contributed by atoms with Gasteiger partial charge < -0.3 is 16.4 Å². The minimum absolute atomic E-state index is 0.0302. The van der Waals surface area contributed by atoms with E-state index in [1.807, 2.05) is 0 Å². The molecule has 1 rings (SSSR count). The summed E-state index contributed by atoms with van der Waals surface area (Å²) in [4.78, 5) is 22.5. The summed E-state index contributed by atoms with van der Waals surface area (Å²) in [6.45, 7) is 4.96. The lowest BCUT2D eigenvalue weighted by molar-refractivity contribution is -0.116. The molecule has 0 unspecified atom stereocenters. The van der Waals surface area contributed by atoms with E-state index < -0.39 is 5.91 Å². The van der Waals surface area contributed by atoms with Crippen LogP contribution in [0.15, 0.2) is 24.3 Å². The van der Waals surface area contributed by atoms with E-state index in [-0.39, 0.29) is 5.91 Å². The predicted octanol–water partition coefficient (Wildman–Crippen LogP) is 1.50. The van der Waals surface area contributed by atoms with Gasteiger partial charge in [0.25, 0.3) is 0 Å². The lowest BCUT2D eigenvalue weighted by Gasteiger charge is -2.08. The van der Waals surface area contributed by atoms with Crippen LogP contribution in [0.1, 0.15) is 37.0 Å². The Bertz CT molecular complexity index is 427. The third kappa shape index (κ3) is 6.01. The van der Waals surface area contributed by atoms with Gasteiger partial charge in [0.05, 0.1) is 0 Å². The molecule has 0 aliphatic heterocycles. The number of hydrogen-bond acceptors (Lipinski definition) is 3. The summed E-state index contributed by atoms with van der Waals surface area (Å²) in [5, 5.41) is 6.03. The highest BCUT2D eigenvalue weighted by atomic mass is 16.1. The zero-order valence-corrected chi connectivity index (χ0v) is 11.4. The molecule has 5 heteroatoms. The van der Waals surface area contributed by atoms with Gasteiger partial charge in [0, 0.05) is 23.7 Å². The SMILES string of the molecule is CC(C)NCCCC(=O)Nc1ccc(C(N)=O)cc1. The van der Waals surface area contributed by atoms with Crippen molar-refractivity contribution in [3.05, 3.63) is 29.8 Å². The van der Waals surface area contributed by atoms with Gasteiger partial charge in [0.1, 0.15) is 0 Å². The molecule has 19 heavy (non-hydrogen) atoms. The zero-order valence-electron chi connectivity index (χ0n) is 11.4. The number of carbonyl (C=O) groups is 2. The third-order valence-corrected chi connectivity index (χ3v) is 2.59. The van der Waals surface area contributed by atoms with Crippen LogP contribution in [0.3, 0.4) is 0 Å². The van der Waals surface area contributed by atoms with Crippen LogP contribution in [0.25, 0.3) is 0 Å². The second-order valence-electron chi connectivity index (χ2n) is 4.70. The predicted molar refractivity (Wildman–Crippen MR) is 76.0 cm³/mol. The van der Waals surface area contributed by atoms with Crippen LogP contribution >= 0.6 is 0 Å². The molecule has 0 aromatic heterocycles. The fourth-order valence-corrected chi connectivity index (χ4v) is 1.58. The molecule has 0 fully saturated rings. The van der Waals surface area contributed by atoms with Crippen molar-refractivity contribution in [1.82, 2.24) is 5.32 Å². The quantitative estimate of drug-likeness (QED) is 0.652. The van der Waals surface area contributed by atoms with Crippen molar-refractivity contribution in [3.63, 3.8) is 0 Å². The number of benzene rings is 1. The van der Waals surface area contributed by atoms with Crippen LogP contribution in [0, 0.1) is 0 Å². The van der Waals surface area contributed by atoms with E-state index in [1.54, 1.807) is 24.3 Å². The lowest BCUT2D eigenvalue weighted by atomic mass is 10.2. The largest absolute Gasteiger partial charge is 0.366 e. The van der Waals surface area contributed by atoms with E-state index in [1.165, 1.54) is 0 Å². The third-order valence-electron chi connectivity index (χ3n) is 2.59. The molecule has 0 spiro atoms. The van der Waals surface area contributed by atoms with Crippen molar-refractivity contribution in [3.8, 4) is 0 Å². The number of hydrogen-bond donors (Lipinski definition) is 3. The molecule has 0 heterocycles. The number of primary amides is 1. The average molecular weight is 263 g/mol. The van der Waals surface area contributed by atoms with Gasteiger partial charge in [0.2, 0.25) is 11.8 Å². The van der Waals surface area contributed by atoms with Gasteiger partial charge in [-0.3, -0.25) is 9.59 Å². The Labute approximate surface area is 113 Å². The Kier molecular flexibility index (Phi) is 6.02. The molecule has 1 aromatic carbocycles. The standard InChI is InChI=1S/C14H21N3O2/c1-10(2)16-9-3-4-13(18)17-12-7-5-11(6-8-12)14(15)19/h5-8,10,16H,3-4,9H2,1-2H3,(H2,15,19)(H,17,18). The maximum Gasteiger partial charge on any atom is 0.248 e. The average Bonchev–Trinajstić information content (AvgIpc) is 2.35. The fourth-order valence-electron chi connectivity index (χ4n) is 1.58. The summed E-state index contributed by atoms with van der Waals surface area (Å²) in [5.41, 5.74) is 6.24. The summed E-state index contributed by atoms with van der Waals surface area (Å²) >= 11 is 0. The van der Waals surface area contributed by atoms with Crippen LogP contribution < -0.4 is 16.4 Å². The number of amides is 2. The highest BCUT2D eigenvalue weighted by molar-refractivity contribution is 5.94. The van der Waals surface area contributed by atoms with E-state index in [2.05, 4.69) is 24.5 Å². The Morgan fingerprint density at radius 3 is 2.37 bits per heavy atom. The minimum Gasteiger partial charge on any atom is -0.366 e. The highest BCUT2D eigenvalue weighted by Gasteiger charge is 2.04. The molecular weight excluding hydrogens is 242 g/mol. The number of nitrogens with one attached hydrogen (secondary N) is 2. The van der Waals surface area contributed by atoms with Gasteiger partial charge in [-0.1, -0.05) is 13.8 Å². The molecule has 2 amide bonds. The van der Waals surface area contributed by atoms with Gasteiger partial charge in [-0.15, -0.1) is 0 Å². The molecule has 0 aliphatic rings. The number of nitrogens with two attached hydrogens (primary N) is 1. The number of rotatable bonds is 7. The Hall–Kier alpha value is -1.88. The van der Waals surface area contributed by atoms with Crippen molar-refractivity contribution in [2.45, 2.75) is 32.7 Å². The van der Waals surface area contributed by atoms with Crippen molar-refractivity contribution in [2.24, 2.45) is 5.73 Å². The maximum atomic E-state index is 11.6. The molecule has 0 atom stereocenters. The molecule has 0 aliphatic carbocycles. The van der Waals surface area contributed by atoms with E-state index in [0.29, 0.717) is 23.7 Å². The Morgan fingerprint density at radius 1 is 1.21 bits per heavy atom. The lowest BCUT2D eigenvalue weighted by Crippen LogP contribution is -2.24. The second kappa shape index (κ2) is 7.53. The highest BCUT2D eigenvalue weighted by Crippen LogP contribution is 2.09. The van der Waals surface area contributed by atoms with E-state index in [0.717, 1.165) is 13.0 Å². The van der Waals surface area contributed by atoms with Gasteiger partial charge in [-0.05, 0) is 37.2 Å². The van der Waals surface area contributed by atoms with Crippen LogP contribution in [0.5, 0.6) is 0 Å². The summed E-state index contributed by atoms with van der Waals surface area (Å²) in [6.07, 6.45) is 1.26. The summed E-state index contributed by atoms with van der Waals surface area (Å²) < 4.78 is 0. The van der Waals surface area contributed by atoms with Crippen molar-refractivity contribution < 1.29 is 9.59 Å². The molecule has 104 valence electrons. The van der Waals surface area contributed by atoms with E-state index >= 15 is 0 Å². The monoisotopic (exact) mass is 263 g/mol. The molecule has 0 saturated heterocycles. The number of anilines is 1. The van der Waals surface area contributed by atoms with E-state index in [9.17, 15) is 9.59 Å². The topological polar surface area (TPSA) is 84.2 Å². The first-order valence-electron chi connectivity index (χ1n) is 6.42. The Morgan fingerprint density at radius 2 is 1.84 bits per heavy atom. The summed E-state index contributed by atoms with van der Waals surface area (Å²) in [5.74, 6) is -0.505. The van der Waals surface area contributed by atoms with Gasteiger partial charge in [-0.2, -0.15) is 0 Å². The first-order chi connectivity index (χ1) is 8.99. The molecule has 5 nitrogen and oxygen atoms in total. The van der Waals surface area contributed by atoms with Gasteiger partial charge >= 0.3 is 0 Å². The molecule has 1 aromatic rings. The number of carbonyl (C=O) groups excluding carboxylic acids is 2. The Balaban J connectivity index is 2.34. The van der Waals surface area contributed by atoms with Crippen LogP contribution in [-0.4, -0.2) is 24.4 Å². The molecule has 0 radical (unpaired) electrons. The van der Waals surface area contributed by atoms with Crippen LogP contribution in [0.2, 0.25) is 0 Å². The molecule has 0 saturated carbocycles. The maximum absolute atomic E-state index is 11.6. The summed E-state index contributed by atoms with van der Waals surface area (Å²) in [6, 6.07) is 6.97. The van der Waals surface area contributed by atoms with Crippen molar-refractivity contribution >= 4 is 17.5 Å². The fraction of sp³-hybridized carbons (Fsp3) is 0.429. The van der Waals surface area contributed by atoms with Crippen LogP contribution in [-0.2, 0) is 4.79 Å². The molecule has 0 bridgehead atoms. The first-order valence-corrected chi connectivity index (χ1v) is 6.42. The van der Waals surface area contributed by atoms with Crippen LogP contribution in [0.4, 0.5) is 5.69 Å². The second-order valence-corrected chi connectivity index (χ2v) is 4.70. The summed E-state index contributed by atoms with van der Waals surface area (Å²) in [7, 11) is 0. The van der Waals surface area contributed by atoms with Gasteiger partial charge in [-0.25, -0.2) is 0 Å². The minimum atomic E-state index is -0.474. The normalized spacial score (nSPS) is 10.5. The molecular formula is C14H21N3O2. The van der Waals surface area contributed by atoms with Crippen molar-refractivity contribution in [1.29, 1.82) is 0 Å².